The van der Waals surface area contributed by atoms with Gasteiger partial charge in [-0.25, -0.2) is 0 Å². The number of carbonyl (C=O) groups excluding carboxylic acids is 1. The van der Waals surface area contributed by atoms with Crippen molar-refractivity contribution in [2.24, 2.45) is 5.73 Å². The van der Waals surface area contributed by atoms with E-state index in [1.165, 1.54) is 23.3 Å². The van der Waals surface area contributed by atoms with Crippen molar-refractivity contribution >= 4 is 5.91 Å². The van der Waals surface area contributed by atoms with Gasteiger partial charge in [-0.3, -0.25) is 9.69 Å². The number of nitrogens with zero attached hydrogens (tertiary/aromatic N) is 2. The van der Waals surface area contributed by atoms with Gasteiger partial charge in [0, 0.05) is 37.8 Å². The Balaban J connectivity index is 1.62. The van der Waals surface area contributed by atoms with Gasteiger partial charge in [0.05, 0.1) is 11.7 Å². The zero-order valence-electron chi connectivity index (χ0n) is 22.4. The van der Waals surface area contributed by atoms with E-state index in [4.69, 9.17) is 10.5 Å². The van der Waals surface area contributed by atoms with Crippen molar-refractivity contribution in [1.82, 2.24) is 9.80 Å². The van der Waals surface area contributed by atoms with Crippen LogP contribution in [0.1, 0.15) is 78.2 Å². The van der Waals surface area contributed by atoms with E-state index < -0.39 is 11.7 Å². The summed E-state index contributed by atoms with van der Waals surface area (Å²) in [4.78, 5) is 16.9. The largest absolute Gasteiger partial charge is 0.490 e. The number of hydrogen-bond acceptors (Lipinski definition) is 4. The predicted molar refractivity (Wildman–Crippen MR) is 141 cm³/mol. The normalized spacial score (nSPS) is 16.5. The number of hydrogen-bond donors (Lipinski definition) is 1. The van der Waals surface area contributed by atoms with E-state index in [0.717, 1.165) is 49.1 Å². The van der Waals surface area contributed by atoms with E-state index in [1.807, 2.05) is 0 Å². The standard InChI is InChI=1S/C29H40F3N3O2/c1-5-7-25(8-6-15-33)37-27-14-13-26(20(2)21(27)3)22(4)34-16-18-35(19-17-34)28(36)23-9-11-24(12-10-23)29(30,31)32/h9-14,22,25H,5-8,15-19,33H2,1-4H3. The highest BCUT2D eigenvalue weighted by Gasteiger charge is 2.31. The summed E-state index contributed by atoms with van der Waals surface area (Å²) >= 11 is 0. The first-order chi connectivity index (χ1) is 17.6. The number of ether oxygens (including phenoxy) is 1. The molecule has 0 bridgehead atoms. The van der Waals surface area contributed by atoms with Crippen molar-refractivity contribution < 1.29 is 22.7 Å². The Hall–Kier alpha value is -2.58. The molecular formula is C29H40F3N3O2. The van der Waals surface area contributed by atoms with Crippen LogP contribution in [0, 0.1) is 13.8 Å². The fourth-order valence-electron chi connectivity index (χ4n) is 5.00. The van der Waals surface area contributed by atoms with Gasteiger partial charge in [-0.05, 0) is 93.6 Å². The van der Waals surface area contributed by atoms with Crippen LogP contribution in [-0.4, -0.2) is 54.5 Å². The maximum absolute atomic E-state index is 12.8. The minimum Gasteiger partial charge on any atom is -0.490 e. The van der Waals surface area contributed by atoms with Gasteiger partial charge in [-0.1, -0.05) is 19.4 Å². The maximum Gasteiger partial charge on any atom is 0.416 e. The van der Waals surface area contributed by atoms with Crippen molar-refractivity contribution in [2.45, 2.75) is 71.7 Å². The van der Waals surface area contributed by atoms with E-state index in [2.05, 4.69) is 44.7 Å². The molecule has 204 valence electrons. The minimum absolute atomic E-state index is 0.166. The van der Waals surface area contributed by atoms with Gasteiger partial charge in [0.15, 0.2) is 0 Å². The molecule has 0 saturated carbocycles. The fourth-order valence-corrected chi connectivity index (χ4v) is 5.00. The molecule has 0 spiro atoms. The second-order valence-electron chi connectivity index (χ2n) is 9.94. The number of halogens is 3. The van der Waals surface area contributed by atoms with Crippen LogP contribution >= 0.6 is 0 Å². The van der Waals surface area contributed by atoms with Crippen LogP contribution < -0.4 is 10.5 Å². The number of benzene rings is 2. The highest BCUT2D eigenvalue weighted by atomic mass is 19.4. The lowest BCUT2D eigenvalue weighted by Gasteiger charge is -2.39. The molecule has 2 N–H and O–H groups in total. The van der Waals surface area contributed by atoms with Crippen molar-refractivity contribution in [2.75, 3.05) is 32.7 Å². The molecule has 2 atom stereocenters. The average Bonchev–Trinajstić information content (AvgIpc) is 2.89. The van der Waals surface area contributed by atoms with Crippen molar-refractivity contribution in [3.8, 4) is 5.75 Å². The third kappa shape index (κ3) is 7.26. The highest BCUT2D eigenvalue weighted by Crippen LogP contribution is 2.33. The summed E-state index contributed by atoms with van der Waals surface area (Å²) in [6.07, 6.45) is -0.264. The molecule has 0 radical (unpaired) electrons. The lowest BCUT2D eigenvalue weighted by Crippen LogP contribution is -2.49. The average molecular weight is 520 g/mol. The van der Waals surface area contributed by atoms with Crippen LogP contribution in [0.25, 0.3) is 0 Å². The molecule has 2 aromatic carbocycles. The lowest BCUT2D eigenvalue weighted by molar-refractivity contribution is -0.137. The molecule has 3 rings (SSSR count). The summed E-state index contributed by atoms with van der Waals surface area (Å²) in [7, 11) is 0. The Bertz CT molecular complexity index is 1030. The zero-order chi connectivity index (χ0) is 27.2. The number of nitrogens with two attached hydrogens (primary N) is 1. The molecule has 1 heterocycles. The molecule has 5 nitrogen and oxygen atoms in total. The second kappa shape index (κ2) is 12.8. The Morgan fingerprint density at radius 3 is 2.22 bits per heavy atom. The Morgan fingerprint density at radius 1 is 1.00 bits per heavy atom. The van der Waals surface area contributed by atoms with E-state index in [0.29, 0.717) is 32.7 Å². The van der Waals surface area contributed by atoms with Crippen LogP contribution in [0.15, 0.2) is 36.4 Å². The Morgan fingerprint density at radius 2 is 1.65 bits per heavy atom. The summed E-state index contributed by atoms with van der Waals surface area (Å²) in [6.45, 7) is 11.7. The molecule has 37 heavy (non-hydrogen) atoms. The first-order valence-corrected chi connectivity index (χ1v) is 13.2. The topological polar surface area (TPSA) is 58.8 Å². The molecule has 1 amide bonds. The number of alkyl halides is 3. The highest BCUT2D eigenvalue weighted by molar-refractivity contribution is 5.94. The Kier molecular flexibility index (Phi) is 10.0. The van der Waals surface area contributed by atoms with E-state index in [1.54, 1.807) is 4.90 Å². The molecule has 8 heteroatoms. The quantitative estimate of drug-likeness (QED) is 0.410. The predicted octanol–water partition coefficient (Wildman–Crippen LogP) is 6.13. The molecule has 2 aromatic rings. The monoisotopic (exact) mass is 519 g/mol. The van der Waals surface area contributed by atoms with Gasteiger partial charge >= 0.3 is 6.18 Å². The van der Waals surface area contributed by atoms with Crippen LogP contribution in [0.4, 0.5) is 13.2 Å². The van der Waals surface area contributed by atoms with Gasteiger partial charge < -0.3 is 15.4 Å². The molecular weight excluding hydrogens is 479 g/mol. The number of rotatable bonds is 10. The summed E-state index contributed by atoms with van der Waals surface area (Å²) in [6, 6.07) is 8.84. The van der Waals surface area contributed by atoms with Gasteiger partial charge in [0.25, 0.3) is 5.91 Å². The first kappa shape index (κ1) is 29.0. The molecule has 0 aliphatic carbocycles. The smallest absolute Gasteiger partial charge is 0.416 e. The Labute approximate surface area is 218 Å². The van der Waals surface area contributed by atoms with Crippen molar-refractivity contribution in [3.63, 3.8) is 0 Å². The molecule has 0 aromatic heterocycles. The van der Waals surface area contributed by atoms with Crippen LogP contribution in [0.5, 0.6) is 5.75 Å². The van der Waals surface area contributed by atoms with Gasteiger partial charge in [0.1, 0.15) is 5.75 Å². The summed E-state index contributed by atoms with van der Waals surface area (Å²) in [5, 5.41) is 0. The summed E-state index contributed by atoms with van der Waals surface area (Å²) in [5.74, 6) is 0.696. The van der Waals surface area contributed by atoms with E-state index >= 15 is 0 Å². The van der Waals surface area contributed by atoms with Crippen LogP contribution in [-0.2, 0) is 6.18 Å². The summed E-state index contributed by atoms with van der Waals surface area (Å²) < 4.78 is 44.9. The number of amides is 1. The fraction of sp³-hybridized carbons (Fsp3) is 0.552. The van der Waals surface area contributed by atoms with Crippen LogP contribution in [0.3, 0.4) is 0 Å². The molecule has 1 aliphatic rings. The van der Waals surface area contributed by atoms with Gasteiger partial charge in [-0.2, -0.15) is 13.2 Å². The SMILES string of the molecule is CCCC(CCCN)Oc1ccc(C(C)N2CCN(C(=O)c3ccc(C(F)(F)F)cc3)CC2)c(C)c1C. The van der Waals surface area contributed by atoms with E-state index in [9.17, 15) is 18.0 Å². The third-order valence-corrected chi connectivity index (χ3v) is 7.47. The van der Waals surface area contributed by atoms with E-state index in [-0.39, 0.29) is 23.6 Å². The molecule has 1 fully saturated rings. The lowest BCUT2D eigenvalue weighted by atomic mass is 9.96. The van der Waals surface area contributed by atoms with Crippen molar-refractivity contribution in [1.29, 1.82) is 0 Å². The molecule has 2 unspecified atom stereocenters. The number of carbonyl (C=O) groups is 1. The van der Waals surface area contributed by atoms with Crippen molar-refractivity contribution in [3.05, 3.63) is 64.2 Å². The minimum atomic E-state index is -4.41. The molecule has 1 aliphatic heterocycles. The first-order valence-electron chi connectivity index (χ1n) is 13.2. The van der Waals surface area contributed by atoms with Gasteiger partial charge in [-0.15, -0.1) is 0 Å². The maximum atomic E-state index is 12.8. The van der Waals surface area contributed by atoms with Gasteiger partial charge in [0.2, 0.25) is 0 Å². The van der Waals surface area contributed by atoms with Crippen LogP contribution in [0.2, 0.25) is 0 Å². The molecule has 1 saturated heterocycles. The third-order valence-electron chi connectivity index (χ3n) is 7.47. The zero-order valence-corrected chi connectivity index (χ0v) is 22.4. The second-order valence-corrected chi connectivity index (χ2v) is 9.94. The number of piperazine rings is 1. The summed E-state index contributed by atoms with van der Waals surface area (Å²) in [5.41, 5.74) is 8.83.